The predicted molar refractivity (Wildman–Crippen MR) is 130 cm³/mol. The first-order chi connectivity index (χ1) is 13.5. The Labute approximate surface area is 179 Å². The molecule has 0 spiro atoms. The highest BCUT2D eigenvalue weighted by Gasteiger charge is 2.07. The van der Waals surface area contributed by atoms with Crippen molar-refractivity contribution in [3.8, 4) is 5.75 Å². The van der Waals surface area contributed by atoms with Crippen molar-refractivity contribution in [1.82, 2.24) is 0 Å². The summed E-state index contributed by atoms with van der Waals surface area (Å²) < 4.78 is 5.99. The summed E-state index contributed by atoms with van der Waals surface area (Å²) in [7, 11) is 0. The second-order valence-electron chi connectivity index (χ2n) is 5.90. The predicted octanol–water partition coefficient (Wildman–Crippen LogP) is 9.14. The van der Waals surface area contributed by atoms with Gasteiger partial charge < -0.3 is 4.74 Å². The fourth-order valence-corrected chi connectivity index (χ4v) is 2.50. The molecule has 2 unspecified atom stereocenters. The summed E-state index contributed by atoms with van der Waals surface area (Å²) in [6.45, 7) is 18.4. The number of hydrogen-bond donors (Lipinski definition) is 0. The van der Waals surface area contributed by atoms with Crippen molar-refractivity contribution in [2.45, 2.75) is 80.8 Å². The number of rotatable bonds is 8. The molecule has 2 atom stereocenters. The van der Waals surface area contributed by atoms with Crippen molar-refractivity contribution in [1.29, 1.82) is 0 Å². The van der Waals surface area contributed by atoms with E-state index in [4.69, 9.17) is 16.3 Å². The van der Waals surface area contributed by atoms with Gasteiger partial charge in [-0.25, -0.2) is 0 Å². The smallest absolute Gasteiger partial charge is 0.123 e. The second kappa shape index (κ2) is 18.6. The summed E-state index contributed by atoms with van der Waals surface area (Å²) in [5.41, 5.74) is 2.41. The third-order valence-electron chi connectivity index (χ3n) is 3.67. The molecular weight excluding hydrogens is 364 g/mol. The maximum atomic E-state index is 6.12. The number of aryl methyl sites for hydroxylation is 1. The van der Waals surface area contributed by atoms with Gasteiger partial charge in [-0.15, -0.1) is 0 Å². The minimum absolute atomic E-state index is 0.0426. The normalized spacial score (nSPS) is 13.7. The van der Waals surface area contributed by atoms with Gasteiger partial charge in [0.2, 0.25) is 0 Å². The number of hydrogen-bond acceptors (Lipinski definition) is 1. The fraction of sp³-hybridized carbons (Fsp3) is 0.462. The van der Waals surface area contributed by atoms with Crippen molar-refractivity contribution in [2.75, 3.05) is 0 Å². The molecule has 28 heavy (non-hydrogen) atoms. The molecule has 0 N–H and O–H groups in total. The zero-order chi connectivity index (χ0) is 21.9. The topological polar surface area (TPSA) is 9.23 Å². The van der Waals surface area contributed by atoms with Gasteiger partial charge >= 0.3 is 0 Å². The van der Waals surface area contributed by atoms with Crippen molar-refractivity contribution in [2.24, 2.45) is 0 Å². The Hall–Kier alpha value is -1.73. The Kier molecular flexibility index (Phi) is 18.9. The fourth-order valence-electron chi connectivity index (χ4n) is 2.27. The first kappa shape index (κ1) is 28.5. The molecule has 158 valence electrons. The van der Waals surface area contributed by atoms with Crippen LogP contribution in [0.15, 0.2) is 65.8 Å². The Morgan fingerprint density at radius 1 is 1.07 bits per heavy atom. The Morgan fingerprint density at radius 3 is 2.25 bits per heavy atom. The Balaban J connectivity index is 0. The van der Waals surface area contributed by atoms with E-state index in [1.807, 2.05) is 78.0 Å². The quantitative estimate of drug-likeness (QED) is 0.392. The molecule has 0 aromatic heterocycles. The molecule has 0 aliphatic carbocycles. The van der Waals surface area contributed by atoms with Gasteiger partial charge in [0, 0.05) is 5.03 Å². The molecule has 1 nitrogen and oxygen atoms in total. The third kappa shape index (κ3) is 12.6. The molecular formula is C26H41ClO. The van der Waals surface area contributed by atoms with Crippen molar-refractivity contribution in [3.63, 3.8) is 0 Å². The van der Waals surface area contributed by atoms with Crippen LogP contribution in [0.3, 0.4) is 0 Å². The Bertz CT molecular complexity index is 623. The summed E-state index contributed by atoms with van der Waals surface area (Å²) in [5.74, 6) is 1.24. The van der Waals surface area contributed by atoms with Gasteiger partial charge in [0.05, 0.1) is 0 Å². The lowest BCUT2D eigenvalue weighted by Gasteiger charge is -2.15. The van der Waals surface area contributed by atoms with Crippen molar-refractivity contribution in [3.05, 3.63) is 76.9 Å². The van der Waals surface area contributed by atoms with E-state index >= 15 is 0 Å². The molecule has 0 amide bonds. The lowest BCUT2D eigenvalue weighted by molar-refractivity contribution is 0.268. The van der Waals surface area contributed by atoms with Crippen molar-refractivity contribution >= 4 is 11.6 Å². The van der Waals surface area contributed by atoms with Gasteiger partial charge in [-0.3, -0.25) is 0 Å². The molecule has 0 heterocycles. The summed E-state index contributed by atoms with van der Waals surface area (Å²) >= 11 is 6.12. The summed E-state index contributed by atoms with van der Waals surface area (Å²) in [4.78, 5) is 0. The minimum atomic E-state index is 0.0426. The Morgan fingerprint density at radius 2 is 1.71 bits per heavy atom. The van der Waals surface area contributed by atoms with Gasteiger partial charge in [0.1, 0.15) is 11.9 Å². The van der Waals surface area contributed by atoms with Crippen LogP contribution in [0.4, 0.5) is 0 Å². The van der Waals surface area contributed by atoms with Gasteiger partial charge in [0.15, 0.2) is 0 Å². The highest BCUT2D eigenvalue weighted by Crippen LogP contribution is 2.26. The molecule has 0 fully saturated rings. The molecule has 0 saturated carbocycles. The highest BCUT2D eigenvalue weighted by atomic mass is 35.5. The summed E-state index contributed by atoms with van der Waals surface area (Å²) in [6, 6.07) is 6.36. The second-order valence-corrected chi connectivity index (χ2v) is 6.34. The van der Waals surface area contributed by atoms with Gasteiger partial charge in [-0.05, 0) is 62.5 Å². The molecule has 1 aromatic carbocycles. The van der Waals surface area contributed by atoms with Crippen LogP contribution in [0.2, 0.25) is 0 Å². The number of ether oxygens (including phenoxy) is 1. The molecule has 2 heteroatoms. The van der Waals surface area contributed by atoms with E-state index in [0.29, 0.717) is 5.92 Å². The maximum absolute atomic E-state index is 6.12. The summed E-state index contributed by atoms with van der Waals surface area (Å²) in [6.07, 6.45) is 15.2. The van der Waals surface area contributed by atoms with Crippen LogP contribution in [0.25, 0.3) is 0 Å². The maximum Gasteiger partial charge on any atom is 0.123 e. The first-order valence-corrected chi connectivity index (χ1v) is 11.0. The molecule has 0 saturated heterocycles. The van der Waals surface area contributed by atoms with Crippen LogP contribution in [0, 0.1) is 6.92 Å². The molecule has 0 bridgehead atoms. The average Bonchev–Trinajstić information content (AvgIpc) is 2.71. The van der Waals surface area contributed by atoms with Crippen LogP contribution >= 0.6 is 11.6 Å². The zero-order valence-corrected chi connectivity index (χ0v) is 20.2. The largest absolute Gasteiger partial charge is 0.486 e. The number of benzene rings is 1. The van der Waals surface area contributed by atoms with E-state index in [0.717, 1.165) is 22.8 Å². The highest BCUT2D eigenvalue weighted by molar-refractivity contribution is 6.31. The van der Waals surface area contributed by atoms with Crippen LogP contribution in [0.1, 0.15) is 78.9 Å². The van der Waals surface area contributed by atoms with Gasteiger partial charge in [-0.1, -0.05) is 95.7 Å². The van der Waals surface area contributed by atoms with E-state index in [1.54, 1.807) is 0 Å². The lowest BCUT2D eigenvalue weighted by Crippen LogP contribution is -2.09. The lowest BCUT2D eigenvalue weighted by atomic mass is 9.98. The van der Waals surface area contributed by atoms with E-state index in [2.05, 4.69) is 45.0 Å². The zero-order valence-electron chi connectivity index (χ0n) is 19.4. The minimum Gasteiger partial charge on any atom is -0.486 e. The standard InChI is InChI=1S/C22H29ClO.2C2H6/c1-6-8-9-11-19(5)24-22-15-13-20(16-18(22)4)17(3)12-14-21(23)10-7-2;2*1-2/h6,8-17,19H,7H2,1-5H3;2*1-2H3/b8-6-,11-9-,14-12-,21-10+;;. The van der Waals surface area contributed by atoms with Crippen LogP contribution in [-0.4, -0.2) is 6.10 Å². The van der Waals surface area contributed by atoms with Crippen LogP contribution < -0.4 is 4.74 Å². The van der Waals surface area contributed by atoms with E-state index < -0.39 is 0 Å². The van der Waals surface area contributed by atoms with Gasteiger partial charge in [-0.2, -0.15) is 0 Å². The molecule has 0 aliphatic heterocycles. The first-order valence-electron chi connectivity index (χ1n) is 10.6. The van der Waals surface area contributed by atoms with E-state index in [9.17, 15) is 0 Å². The number of allylic oxidation sites excluding steroid dienone is 7. The monoisotopic (exact) mass is 404 g/mol. The molecule has 0 aliphatic rings. The van der Waals surface area contributed by atoms with Crippen LogP contribution in [0.5, 0.6) is 5.75 Å². The number of halogens is 1. The SMILES string of the molecule is C/C=C\C=C/C(C)Oc1ccc(C(C)/C=C\C(Cl)=C/CC)cc1C.CC.CC. The van der Waals surface area contributed by atoms with Gasteiger partial charge in [0.25, 0.3) is 0 Å². The van der Waals surface area contributed by atoms with E-state index in [1.165, 1.54) is 5.56 Å². The third-order valence-corrected chi connectivity index (χ3v) is 3.95. The molecule has 1 rings (SSSR count). The van der Waals surface area contributed by atoms with E-state index in [-0.39, 0.29) is 6.10 Å². The van der Waals surface area contributed by atoms with Crippen LogP contribution in [-0.2, 0) is 0 Å². The van der Waals surface area contributed by atoms with Crippen molar-refractivity contribution < 1.29 is 4.74 Å². The summed E-state index contributed by atoms with van der Waals surface area (Å²) in [5, 5.41) is 0.794. The average molecular weight is 405 g/mol. The molecule has 0 radical (unpaired) electrons. The molecule has 1 aromatic rings.